The first-order valence-corrected chi connectivity index (χ1v) is 5.57. The van der Waals surface area contributed by atoms with Crippen molar-refractivity contribution in [1.29, 1.82) is 5.41 Å². The second-order valence-corrected chi connectivity index (χ2v) is 4.34. The molecule has 2 nitrogen and oxygen atoms in total. The van der Waals surface area contributed by atoms with Crippen LogP contribution in [-0.2, 0) is 0 Å². The van der Waals surface area contributed by atoms with Crippen molar-refractivity contribution < 1.29 is 0 Å². The van der Waals surface area contributed by atoms with Crippen molar-refractivity contribution in [3.8, 4) is 0 Å². The van der Waals surface area contributed by atoms with Crippen molar-refractivity contribution in [2.45, 2.75) is 6.04 Å². The molecule has 0 heterocycles. The highest BCUT2D eigenvalue weighted by Gasteiger charge is 2.13. The number of anilines is 1. The number of benzene rings is 1. The molecular formula is C12H10Cl2N2. The van der Waals surface area contributed by atoms with Gasteiger partial charge in [0.25, 0.3) is 0 Å². The largest absolute Gasteiger partial charge is 0.373 e. The Morgan fingerprint density at radius 1 is 1.06 bits per heavy atom. The first-order valence-electron chi connectivity index (χ1n) is 4.81. The van der Waals surface area contributed by atoms with Crippen LogP contribution in [0.2, 0.25) is 5.02 Å². The molecule has 1 aliphatic carbocycles. The quantitative estimate of drug-likeness (QED) is 0.825. The molecule has 0 fully saturated rings. The normalized spacial score (nSPS) is 19.5. The lowest BCUT2D eigenvalue weighted by Crippen LogP contribution is -2.27. The Hall–Kier alpha value is -1.25. The molecule has 0 saturated heterocycles. The molecule has 0 aliphatic heterocycles. The zero-order chi connectivity index (χ0) is 11.5. The van der Waals surface area contributed by atoms with Gasteiger partial charge in [0.15, 0.2) is 0 Å². The number of allylic oxidation sites excluding steroid dienone is 2. The summed E-state index contributed by atoms with van der Waals surface area (Å²) in [6.07, 6.45) is 5.21. The van der Waals surface area contributed by atoms with Crippen LogP contribution in [0.25, 0.3) is 0 Å². The van der Waals surface area contributed by atoms with Crippen LogP contribution >= 0.6 is 23.2 Å². The lowest BCUT2D eigenvalue weighted by Gasteiger charge is -2.18. The summed E-state index contributed by atoms with van der Waals surface area (Å²) in [6, 6.07) is 7.17. The van der Waals surface area contributed by atoms with Gasteiger partial charge in [0.1, 0.15) is 0 Å². The first kappa shape index (κ1) is 11.2. The Morgan fingerprint density at radius 3 is 2.44 bits per heavy atom. The van der Waals surface area contributed by atoms with E-state index in [9.17, 15) is 0 Å². The smallest absolute Gasteiger partial charge is 0.0879 e. The fourth-order valence-corrected chi connectivity index (χ4v) is 1.74. The second kappa shape index (κ2) is 4.73. The van der Waals surface area contributed by atoms with Crippen LogP contribution in [0.4, 0.5) is 5.69 Å². The van der Waals surface area contributed by atoms with Crippen LogP contribution in [-0.4, -0.2) is 11.8 Å². The molecule has 0 saturated carbocycles. The SMILES string of the molecule is N=C1C=CC(Cl)=CC1Nc1ccc(Cl)cc1. The van der Waals surface area contributed by atoms with Gasteiger partial charge in [-0.3, -0.25) is 0 Å². The molecule has 1 unspecified atom stereocenters. The predicted molar refractivity (Wildman–Crippen MR) is 69.7 cm³/mol. The Balaban J connectivity index is 2.13. The van der Waals surface area contributed by atoms with Gasteiger partial charge < -0.3 is 10.7 Å². The lowest BCUT2D eigenvalue weighted by molar-refractivity contribution is 1.14. The predicted octanol–water partition coefficient (Wildman–Crippen LogP) is 3.83. The van der Waals surface area contributed by atoms with Crippen molar-refractivity contribution in [2.75, 3.05) is 5.32 Å². The molecule has 4 heteroatoms. The van der Waals surface area contributed by atoms with Gasteiger partial charge in [0, 0.05) is 15.7 Å². The van der Waals surface area contributed by atoms with E-state index in [4.69, 9.17) is 28.6 Å². The second-order valence-electron chi connectivity index (χ2n) is 3.47. The molecular weight excluding hydrogens is 243 g/mol. The Bertz CT molecular complexity index is 460. The molecule has 16 heavy (non-hydrogen) atoms. The van der Waals surface area contributed by atoms with Gasteiger partial charge in [-0.1, -0.05) is 23.2 Å². The third-order valence-electron chi connectivity index (χ3n) is 2.25. The summed E-state index contributed by atoms with van der Waals surface area (Å²) < 4.78 is 0. The number of hydrogen-bond donors (Lipinski definition) is 2. The maximum Gasteiger partial charge on any atom is 0.0879 e. The fourth-order valence-electron chi connectivity index (χ4n) is 1.42. The van der Waals surface area contributed by atoms with E-state index in [1.165, 1.54) is 0 Å². The Morgan fingerprint density at radius 2 is 1.75 bits per heavy atom. The minimum absolute atomic E-state index is 0.182. The van der Waals surface area contributed by atoms with Crippen molar-refractivity contribution in [2.24, 2.45) is 0 Å². The maximum atomic E-state index is 7.75. The molecule has 0 amide bonds. The van der Waals surface area contributed by atoms with Crippen LogP contribution < -0.4 is 5.32 Å². The van der Waals surface area contributed by atoms with E-state index in [0.717, 1.165) is 5.69 Å². The van der Waals surface area contributed by atoms with Crippen LogP contribution in [0, 0.1) is 5.41 Å². The van der Waals surface area contributed by atoms with Crippen molar-refractivity contribution in [3.63, 3.8) is 0 Å². The van der Waals surface area contributed by atoms with E-state index in [1.54, 1.807) is 30.4 Å². The summed E-state index contributed by atoms with van der Waals surface area (Å²) in [5.74, 6) is 0. The van der Waals surface area contributed by atoms with Gasteiger partial charge in [-0.25, -0.2) is 0 Å². The third-order valence-corrected chi connectivity index (χ3v) is 2.75. The number of halogens is 2. The van der Waals surface area contributed by atoms with Crippen molar-refractivity contribution in [1.82, 2.24) is 0 Å². The fraction of sp³-hybridized carbons (Fsp3) is 0.0833. The number of rotatable bonds is 2. The Labute approximate surface area is 104 Å². The van der Waals surface area contributed by atoms with Crippen molar-refractivity contribution >= 4 is 34.6 Å². The highest BCUT2D eigenvalue weighted by molar-refractivity contribution is 6.32. The molecule has 1 aromatic carbocycles. The minimum Gasteiger partial charge on any atom is -0.373 e. The van der Waals surface area contributed by atoms with Crippen LogP contribution in [0.3, 0.4) is 0 Å². The molecule has 1 atom stereocenters. The molecule has 2 N–H and O–H groups in total. The third kappa shape index (κ3) is 2.65. The minimum atomic E-state index is -0.182. The van der Waals surface area contributed by atoms with E-state index < -0.39 is 0 Å². The standard InChI is InChI=1S/C12H10Cl2N2/c13-8-1-4-10(5-2-8)16-12-7-9(14)3-6-11(12)15/h1-7,12,15-16H. The van der Waals surface area contributed by atoms with E-state index in [-0.39, 0.29) is 6.04 Å². The average molecular weight is 253 g/mol. The van der Waals surface area contributed by atoms with E-state index >= 15 is 0 Å². The van der Waals surface area contributed by atoms with Gasteiger partial charge in [-0.2, -0.15) is 0 Å². The van der Waals surface area contributed by atoms with Gasteiger partial charge in [0.2, 0.25) is 0 Å². The molecule has 0 spiro atoms. The van der Waals surface area contributed by atoms with Gasteiger partial charge in [-0.05, 0) is 42.5 Å². The number of nitrogens with one attached hydrogen (secondary N) is 2. The summed E-state index contributed by atoms with van der Waals surface area (Å²) in [5, 5.41) is 12.3. The average Bonchev–Trinajstić information content (AvgIpc) is 2.27. The molecule has 0 radical (unpaired) electrons. The highest BCUT2D eigenvalue weighted by atomic mass is 35.5. The highest BCUT2D eigenvalue weighted by Crippen LogP contribution is 2.18. The van der Waals surface area contributed by atoms with Crippen molar-refractivity contribution in [3.05, 3.63) is 52.5 Å². The molecule has 1 aliphatic rings. The molecule has 2 rings (SSSR count). The first-order chi connectivity index (χ1) is 7.65. The maximum absolute atomic E-state index is 7.75. The summed E-state index contributed by atoms with van der Waals surface area (Å²) in [4.78, 5) is 0. The summed E-state index contributed by atoms with van der Waals surface area (Å²) in [6.45, 7) is 0. The zero-order valence-corrected chi connectivity index (χ0v) is 9.89. The topological polar surface area (TPSA) is 35.9 Å². The van der Waals surface area contributed by atoms with E-state index in [0.29, 0.717) is 15.8 Å². The van der Waals surface area contributed by atoms with Gasteiger partial charge >= 0.3 is 0 Å². The Kier molecular flexibility index (Phi) is 3.32. The summed E-state index contributed by atoms with van der Waals surface area (Å²) >= 11 is 11.7. The van der Waals surface area contributed by atoms with Crippen LogP contribution in [0.15, 0.2) is 47.5 Å². The molecule has 0 bridgehead atoms. The monoisotopic (exact) mass is 252 g/mol. The summed E-state index contributed by atoms with van der Waals surface area (Å²) in [7, 11) is 0. The molecule has 0 aromatic heterocycles. The van der Waals surface area contributed by atoms with Crippen LogP contribution in [0.1, 0.15) is 0 Å². The van der Waals surface area contributed by atoms with E-state index in [2.05, 4.69) is 5.32 Å². The van der Waals surface area contributed by atoms with E-state index in [1.807, 2.05) is 12.1 Å². The van der Waals surface area contributed by atoms with Crippen LogP contribution in [0.5, 0.6) is 0 Å². The lowest BCUT2D eigenvalue weighted by atomic mass is 10.1. The number of hydrogen-bond acceptors (Lipinski definition) is 2. The van der Waals surface area contributed by atoms with Gasteiger partial charge in [0.05, 0.1) is 11.8 Å². The molecule has 1 aromatic rings. The zero-order valence-electron chi connectivity index (χ0n) is 8.37. The molecule has 82 valence electrons. The van der Waals surface area contributed by atoms with Gasteiger partial charge in [-0.15, -0.1) is 0 Å². The summed E-state index contributed by atoms with van der Waals surface area (Å²) in [5.41, 5.74) is 1.40.